The summed E-state index contributed by atoms with van der Waals surface area (Å²) in [4.78, 5) is 32.5. The third kappa shape index (κ3) is 7.41. The van der Waals surface area contributed by atoms with E-state index in [2.05, 4.69) is 9.97 Å². The Hall–Kier alpha value is -3.22. The van der Waals surface area contributed by atoms with E-state index in [1.54, 1.807) is 36.7 Å². The Labute approximate surface area is 194 Å². The molecule has 0 aliphatic heterocycles. The lowest BCUT2D eigenvalue weighted by atomic mass is 10.1. The lowest BCUT2D eigenvalue weighted by Gasteiger charge is -2.09. The number of aromatic nitrogens is 2. The van der Waals surface area contributed by atoms with Crippen LogP contribution in [0.3, 0.4) is 0 Å². The van der Waals surface area contributed by atoms with Crippen molar-refractivity contribution < 1.29 is 18.7 Å². The molecule has 0 aromatic carbocycles. The molecule has 0 aliphatic rings. The lowest BCUT2D eigenvalue weighted by molar-refractivity contribution is -0.148. The quantitative estimate of drug-likeness (QED) is 0.248. The van der Waals surface area contributed by atoms with Crippen molar-refractivity contribution in [3.8, 4) is 17.1 Å². The first-order valence-corrected chi connectivity index (χ1v) is 11.7. The molecule has 0 saturated carbocycles. The Morgan fingerprint density at radius 2 is 1.79 bits per heavy atom. The molecule has 7 nitrogen and oxygen atoms in total. The fourth-order valence-electron chi connectivity index (χ4n) is 3.34. The van der Waals surface area contributed by atoms with Gasteiger partial charge in [-0.15, -0.1) is 0 Å². The van der Waals surface area contributed by atoms with Gasteiger partial charge in [-0.05, 0) is 37.5 Å². The van der Waals surface area contributed by atoms with Gasteiger partial charge in [-0.3, -0.25) is 9.78 Å². The van der Waals surface area contributed by atoms with Crippen molar-refractivity contribution in [1.82, 2.24) is 9.97 Å². The second kappa shape index (κ2) is 12.7. The van der Waals surface area contributed by atoms with Crippen LogP contribution in [0.25, 0.3) is 22.2 Å². The summed E-state index contributed by atoms with van der Waals surface area (Å²) in [7, 11) is 0. The van der Waals surface area contributed by atoms with E-state index in [-0.39, 0.29) is 11.9 Å². The Bertz CT molecular complexity index is 1080. The third-order valence-electron chi connectivity index (χ3n) is 5.58. The highest BCUT2D eigenvalue weighted by Crippen LogP contribution is 2.21. The summed E-state index contributed by atoms with van der Waals surface area (Å²) < 4.78 is 16.5. The second-order valence-electron chi connectivity index (χ2n) is 8.17. The summed E-state index contributed by atoms with van der Waals surface area (Å²) in [5, 5.41) is 0.720. The molecule has 0 saturated heterocycles. The first-order valence-electron chi connectivity index (χ1n) is 11.7. The molecular formula is C26H32N2O5. The fraction of sp³-hybridized carbons (Fsp3) is 0.462. The van der Waals surface area contributed by atoms with Gasteiger partial charge in [0.15, 0.2) is 0 Å². The van der Waals surface area contributed by atoms with Gasteiger partial charge in [0.05, 0.1) is 30.4 Å². The van der Waals surface area contributed by atoms with Crippen molar-refractivity contribution in [3.05, 3.63) is 53.1 Å². The van der Waals surface area contributed by atoms with Crippen LogP contribution >= 0.6 is 0 Å². The topological polar surface area (TPSA) is 91.5 Å². The third-order valence-corrected chi connectivity index (χ3v) is 5.58. The molecule has 176 valence electrons. The van der Waals surface area contributed by atoms with Crippen molar-refractivity contribution >= 4 is 16.9 Å². The van der Waals surface area contributed by atoms with E-state index in [1.807, 2.05) is 19.9 Å². The van der Waals surface area contributed by atoms with Crippen LogP contribution in [-0.4, -0.2) is 29.2 Å². The van der Waals surface area contributed by atoms with Gasteiger partial charge >= 0.3 is 11.6 Å². The first-order chi connectivity index (χ1) is 16.1. The maximum atomic E-state index is 12.4. The molecule has 3 heterocycles. The smallest absolute Gasteiger partial charge is 0.345 e. The van der Waals surface area contributed by atoms with Crippen LogP contribution in [0.4, 0.5) is 0 Å². The highest BCUT2D eigenvalue weighted by Gasteiger charge is 2.11. The van der Waals surface area contributed by atoms with E-state index in [4.69, 9.17) is 13.9 Å². The first kappa shape index (κ1) is 24.4. The molecule has 0 amide bonds. The van der Waals surface area contributed by atoms with Crippen LogP contribution in [0.2, 0.25) is 0 Å². The van der Waals surface area contributed by atoms with Gasteiger partial charge in [-0.1, -0.05) is 45.6 Å². The number of fused-ring (bicyclic) bond motifs is 1. The summed E-state index contributed by atoms with van der Waals surface area (Å²) >= 11 is 0. The van der Waals surface area contributed by atoms with Gasteiger partial charge in [-0.2, -0.15) is 0 Å². The second-order valence-corrected chi connectivity index (χ2v) is 8.17. The summed E-state index contributed by atoms with van der Waals surface area (Å²) in [6.45, 7) is 4.96. The number of nitrogens with zero attached hydrogens (tertiary/aromatic N) is 2. The highest BCUT2D eigenvalue weighted by atomic mass is 16.5. The molecular weight excluding hydrogens is 420 g/mol. The number of hydrogen-bond acceptors (Lipinski definition) is 7. The van der Waals surface area contributed by atoms with Crippen molar-refractivity contribution in [2.24, 2.45) is 5.92 Å². The zero-order valence-corrected chi connectivity index (χ0v) is 19.4. The average molecular weight is 453 g/mol. The Kier molecular flexibility index (Phi) is 9.42. The molecule has 1 unspecified atom stereocenters. The molecule has 0 aliphatic carbocycles. The molecule has 7 heteroatoms. The van der Waals surface area contributed by atoms with Gasteiger partial charge in [0.1, 0.15) is 5.58 Å². The van der Waals surface area contributed by atoms with Crippen molar-refractivity contribution in [2.45, 2.75) is 58.8 Å². The zero-order valence-electron chi connectivity index (χ0n) is 19.4. The van der Waals surface area contributed by atoms with Crippen LogP contribution in [0, 0.1) is 5.92 Å². The van der Waals surface area contributed by atoms with E-state index in [1.165, 1.54) is 0 Å². The van der Waals surface area contributed by atoms with Crippen LogP contribution in [0.5, 0.6) is 5.88 Å². The van der Waals surface area contributed by atoms with Crippen molar-refractivity contribution in [3.63, 3.8) is 0 Å². The van der Waals surface area contributed by atoms with E-state index >= 15 is 0 Å². The number of carbonyl (C=O) groups excluding carboxylic acids is 1. The average Bonchev–Trinajstić information content (AvgIpc) is 2.84. The predicted molar refractivity (Wildman–Crippen MR) is 127 cm³/mol. The number of ether oxygens (including phenoxy) is 2. The van der Waals surface area contributed by atoms with Gasteiger partial charge in [0.2, 0.25) is 5.88 Å². The summed E-state index contributed by atoms with van der Waals surface area (Å²) in [5.74, 6) is 0.339. The normalized spacial score (nSPS) is 11.9. The van der Waals surface area contributed by atoms with E-state index in [0.717, 1.165) is 50.3 Å². The highest BCUT2D eigenvalue weighted by molar-refractivity contribution is 5.80. The molecule has 0 spiro atoms. The van der Waals surface area contributed by atoms with E-state index in [9.17, 15) is 9.59 Å². The Balaban J connectivity index is 1.35. The molecule has 3 aromatic heterocycles. The molecule has 0 N–H and O–H groups in total. The van der Waals surface area contributed by atoms with Crippen LogP contribution in [0.1, 0.15) is 58.8 Å². The molecule has 1 atom stereocenters. The van der Waals surface area contributed by atoms with Gasteiger partial charge in [0, 0.05) is 23.8 Å². The van der Waals surface area contributed by atoms with Crippen LogP contribution < -0.4 is 10.4 Å². The molecule has 33 heavy (non-hydrogen) atoms. The molecule has 0 fully saturated rings. The van der Waals surface area contributed by atoms with Crippen LogP contribution in [0.15, 0.2) is 51.9 Å². The van der Waals surface area contributed by atoms with Gasteiger partial charge < -0.3 is 13.9 Å². The summed E-state index contributed by atoms with van der Waals surface area (Å²) in [6.07, 6.45) is 10.3. The molecule has 3 aromatic rings. The van der Waals surface area contributed by atoms with E-state index < -0.39 is 5.63 Å². The van der Waals surface area contributed by atoms with Gasteiger partial charge in [-0.25, -0.2) is 9.78 Å². The SMILES string of the molecule is CCC(C)C(=O)OCCCCCCCCOc1cc2oc(=O)c(-c3ccccn3)cc2cn1. The molecule has 0 bridgehead atoms. The number of hydrogen-bond donors (Lipinski definition) is 0. The van der Waals surface area contributed by atoms with Crippen LogP contribution in [-0.2, 0) is 9.53 Å². The molecule has 3 rings (SSSR count). The summed E-state index contributed by atoms with van der Waals surface area (Å²) in [5.41, 5.74) is 0.986. The number of carbonyl (C=O) groups is 1. The number of esters is 1. The minimum Gasteiger partial charge on any atom is -0.478 e. The largest absolute Gasteiger partial charge is 0.478 e. The maximum Gasteiger partial charge on any atom is 0.345 e. The lowest BCUT2D eigenvalue weighted by Crippen LogP contribution is -2.14. The Morgan fingerprint density at radius 3 is 2.52 bits per heavy atom. The van der Waals surface area contributed by atoms with Crippen molar-refractivity contribution in [1.29, 1.82) is 0 Å². The van der Waals surface area contributed by atoms with Crippen molar-refractivity contribution in [2.75, 3.05) is 13.2 Å². The maximum absolute atomic E-state index is 12.4. The number of unbranched alkanes of at least 4 members (excludes halogenated alkanes) is 5. The zero-order chi connectivity index (χ0) is 23.5. The predicted octanol–water partition coefficient (Wildman–Crippen LogP) is 5.56. The molecule has 0 radical (unpaired) electrons. The Morgan fingerprint density at radius 1 is 1.03 bits per heavy atom. The minimum atomic E-state index is -0.437. The van der Waals surface area contributed by atoms with Gasteiger partial charge in [0.25, 0.3) is 0 Å². The summed E-state index contributed by atoms with van der Waals surface area (Å²) in [6, 6.07) is 8.79. The number of pyridine rings is 2. The fourth-order valence-corrected chi connectivity index (χ4v) is 3.34. The number of rotatable bonds is 13. The minimum absolute atomic E-state index is 0.0119. The monoisotopic (exact) mass is 452 g/mol. The standard InChI is InChI=1S/C26H32N2O5/c1-3-19(2)25(29)32-15-11-7-5-4-6-10-14-31-24-17-23-20(18-28-24)16-21(26(30)33-23)22-12-8-9-13-27-22/h8-9,12-13,16-19H,3-7,10-11,14-15H2,1-2H3. The van der Waals surface area contributed by atoms with E-state index in [0.29, 0.717) is 35.9 Å².